The summed E-state index contributed by atoms with van der Waals surface area (Å²) in [7, 11) is 0. The van der Waals surface area contributed by atoms with Gasteiger partial charge in [-0.05, 0) is 51.0 Å². The van der Waals surface area contributed by atoms with Gasteiger partial charge in [0.25, 0.3) is 0 Å². The lowest BCUT2D eigenvalue weighted by atomic mass is 9.91. The van der Waals surface area contributed by atoms with Gasteiger partial charge in [0.2, 0.25) is 12.3 Å². The molecule has 1 N–H and O–H groups in total. The standard InChI is InChI=1S/C26H31F3N6O2/c1-16-8-21(18-9-19(11-30-10-18)32-23(37)24(3,4)5)33-22(17(16)2)25(6,7)35(15-36)20-12-31-34(13-20)14-26(27,28)29/h8-13,15H,14H2,1-7H3,(H,32,37). The normalized spacial score (nSPS) is 12.4. The van der Waals surface area contributed by atoms with Crippen LogP contribution in [0.4, 0.5) is 24.5 Å². The summed E-state index contributed by atoms with van der Waals surface area (Å²) >= 11 is 0. The minimum atomic E-state index is -4.44. The van der Waals surface area contributed by atoms with Crippen LogP contribution in [0, 0.1) is 19.3 Å². The number of pyridine rings is 2. The zero-order valence-electron chi connectivity index (χ0n) is 21.9. The molecule has 198 valence electrons. The van der Waals surface area contributed by atoms with E-state index in [1.54, 1.807) is 32.3 Å². The van der Waals surface area contributed by atoms with Crippen molar-refractivity contribution in [3.63, 3.8) is 0 Å². The number of halogens is 3. The second-order valence-electron chi connectivity index (χ2n) is 10.5. The summed E-state index contributed by atoms with van der Waals surface area (Å²) in [5.41, 5.74) is 2.62. The molecule has 0 radical (unpaired) electrons. The highest BCUT2D eigenvalue weighted by Gasteiger charge is 2.35. The molecule has 37 heavy (non-hydrogen) atoms. The summed E-state index contributed by atoms with van der Waals surface area (Å²) in [5.74, 6) is -0.158. The lowest BCUT2D eigenvalue weighted by Crippen LogP contribution is -2.42. The smallest absolute Gasteiger partial charge is 0.324 e. The fourth-order valence-electron chi connectivity index (χ4n) is 3.82. The van der Waals surface area contributed by atoms with Crippen molar-refractivity contribution in [3.05, 3.63) is 53.7 Å². The molecule has 3 aromatic rings. The number of carbonyl (C=O) groups excluding carboxylic acids is 2. The summed E-state index contributed by atoms with van der Waals surface area (Å²) in [5, 5.41) is 6.62. The van der Waals surface area contributed by atoms with Gasteiger partial charge in [0.05, 0.1) is 40.7 Å². The Morgan fingerprint density at radius 3 is 2.35 bits per heavy atom. The Bertz CT molecular complexity index is 1310. The van der Waals surface area contributed by atoms with Crippen LogP contribution in [0.1, 0.15) is 51.4 Å². The number of hydrogen-bond acceptors (Lipinski definition) is 5. The van der Waals surface area contributed by atoms with Crippen molar-refractivity contribution < 1.29 is 22.8 Å². The summed E-state index contributed by atoms with van der Waals surface area (Å²) in [6.07, 6.45) is 1.69. The molecular formula is C26H31F3N6O2. The van der Waals surface area contributed by atoms with E-state index >= 15 is 0 Å². The quantitative estimate of drug-likeness (QED) is 0.425. The van der Waals surface area contributed by atoms with Crippen molar-refractivity contribution in [2.75, 3.05) is 10.2 Å². The Hall–Kier alpha value is -3.76. The van der Waals surface area contributed by atoms with Gasteiger partial charge in [0.1, 0.15) is 6.54 Å². The zero-order valence-corrected chi connectivity index (χ0v) is 21.9. The van der Waals surface area contributed by atoms with E-state index in [1.165, 1.54) is 17.3 Å². The molecule has 8 nitrogen and oxygen atoms in total. The van der Waals surface area contributed by atoms with E-state index in [9.17, 15) is 22.8 Å². The molecule has 0 saturated heterocycles. The Morgan fingerprint density at radius 1 is 1.08 bits per heavy atom. The van der Waals surface area contributed by atoms with Crippen LogP contribution in [0.3, 0.4) is 0 Å². The molecular weight excluding hydrogens is 485 g/mol. The highest BCUT2D eigenvalue weighted by atomic mass is 19.4. The second-order valence-corrected chi connectivity index (χ2v) is 10.5. The van der Waals surface area contributed by atoms with Gasteiger partial charge in [-0.1, -0.05) is 20.8 Å². The second kappa shape index (κ2) is 9.95. The van der Waals surface area contributed by atoms with Gasteiger partial charge in [-0.3, -0.25) is 19.3 Å². The molecule has 0 bridgehead atoms. The molecule has 3 aromatic heterocycles. The van der Waals surface area contributed by atoms with Crippen molar-refractivity contribution in [2.24, 2.45) is 5.41 Å². The number of alkyl halides is 3. The number of carbonyl (C=O) groups is 2. The van der Waals surface area contributed by atoms with Gasteiger partial charge in [-0.25, -0.2) is 4.98 Å². The van der Waals surface area contributed by atoms with Gasteiger partial charge in [0, 0.05) is 23.4 Å². The van der Waals surface area contributed by atoms with E-state index in [0.717, 1.165) is 15.8 Å². The third-order valence-electron chi connectivity index (χ3n) is 6.03. The van der Waals surface area contributed by atoms with Crippen LogP contribution in [-0.2, 0) is 21.7 Å². The topological polar surface area (TPSA) is 93.0 Å². The number of hydrogen-bond donors (Lipinski definition) is 1. The van der Waals surface area contributed by atoms with Crippen LogP contribution in [0.2, 0.25) is 0 Å². The number of aryl methyl sites for hydroxylation is 1. The summed E-state index contributed by atoms with van der Waals surface area (Å²) in [6, 6.07) is 3.65. The first-order valence-corrected chi connectivity index (χ1v) is 11.6. The number of nitrogens with one attached hydrogen (secondary N) is 1. The maximum atomic E-state index is 12.8. The summed E-state index contributed by atoms with van der Waals surface area (Å²) in [6.45, 7) is 11.5. The minimum Gasteiger partial charge on any atom is -0.324 e. The van der Waals surface area contributed by atoms with Crippen molar-refractivity contribution in [1.82, 2.24) is 19.7 Å². The molecule has 0 aliphatic rings. The fraction of sp³-hybridized carbons (Fsp3) is 0.423. The minimum absolute atomic E-state index is 0.158. The Morgan fingerprint density at radius 2 is 1.76 bits per heavy atom. The van der Waals surface area contributed by atoms with Crippen LogP contribution >= 0.6 is 0 Å². The largest absolute Gasteiger partial charge is 0.408 e. The highest BCUT2D eigenvalue weighted by Crippen LogP contribution is 2.35. The number of aromatic nitrogens is 4. The van der Waals surface area contributed by atoms with Gasteiger partial charge in [-0.15, -0.1) is 0 Å². The first-order valence-electron chi connectivity index (χ1n) is 11.6. The molecule has 0 saturated carbocycles. The maximum absolute atomic E-state index is 12.8. The van der Waals surface area contributed by atoms with Crippen molar-refractivity contribution in [3.8, 4) is 11.3 Å². The van der Waals surface area contributed by atoms with E-state index in [0.29, 0.717) is 29.0 Å². The monoisotopic (exact) mass is 516 g/mol. The zero-order chi connectivity index (χ0) is 27.8. The maximum Gasteiger partial charge on any atom is 0.408 e. The Kier molecular flexibility index (Phi) is 7.48. The predicted octanol–water partition coefficient (Wildman–Crippen LogP) is 5.40. The average Bonchev–Trinajstić information content (AvgIpc) is 3.21. The number of anilines is 2. The molecule has 0 aliphatic heterocycles. The van der Waals surface area contributed by atoms with E-state index in [4.69, 9.17) is 4.98 Å². The molecule has 0 atom stereocenters. The van der Waals surface area contributed by atoms with Gasteiger partial charge >= 0.3 is 6.18 Å². The van der Waals surface area contributed by atoms with E-state index in [2.05, 4.69) is 15.4 Å². The molecule has 0 spiro atoms. The van der Waals surface area contributed by atoms with E-state index in [-0.39, 0.29) is 11.6 Å². The van der Waals surface area contributed by atoms with E-state index in [1.807, 2.05) is 40.7 Å². The lowest BCUT2D eigenvalue weighted by Gasteiger charge is -2.36. The SMILES string of the molecule is Cc1cc(-c2cncc(NC(=O)C(C)(C)C)c2)nc(C(C)(C)N(C=O)c2cnn(CC(F)(F)F)c2)c1C. The van der Waals surface area contributed by atoms with Crippen LogP contribution in [0.5, 0.6) is 0 Å². The average molecular weight is 517 g/mol. The van der Waals surface area contributed by atoms with Gasteiger partial charge in [-0.2, -0.15) is 18.3 Å². The first kappa shape index (κ1) is 27.8. The van der Waals surface area contributed by atoms with Gasteiger partial charge < -0.3 is 10.2 Å². The van der Waals surface area contributed by atoms with Crippen LogP contribution in [0.15, 0.2) is 36.9 Å². The first-order chi connectivity index (χ1) is 17.0. The highest BCUT2D eigenvalue weighted by molar-refractivity contribution is 5.94. The molecule has 11 heteroatoms. The lowest BCUT2D eigenvalue weighted by molar-refractivity contribution is -0.142. The van der Waals surface area contributed by atoms with Gasteiger partial charge in [0.15, 0.2) is 0 Å². The van der Waals surface area contributed by atoms with Crippen LogP contribution < -0.4 is 10.2 Å². The number of rotatable bonds is 7. The Balaban J connectivity index is 2.02. The van der Waals surface area contributed by atoms with E-state index < -0.39 is 23.7 Å². The van der Waals surface area contributed by atoms with Crippen molar-refractivity contribution in [1.29, 1.82) is 0 Å². The molecule has 0 unspecified atom stereocenters. The van der Waals surface area contributed by atoms with Crippen LogP contribution in [0.25, 0.3) is 11.3 Å². The summed E-state index contributed by atoms with van der Waals surface area (Å²) in [4.78, 5) is 35.0. The number of nitrogens with zero attached hydrogens (tertiary/aromatic N) is 5. The molecule has 3 heterocycles. The molecule has 2 amide bonds. The summed E-state index contributed by atoms with van der Waals surface area (Å²) < 4.78 is 39.2. The third kappa shape index (κ3) is 6.33. The molecule has 3 rings (SSSR count). The Labute approximate surface area is 213 Å². The third-order valence-corrected chi connectivity index (χ3v) is 6.03. The van der Waals surface area contributed by atoms with Crippen molar-refractivity contribution >= 4 is 23.7 Å². The fourth-order valence-corrected chi connectivity index (χ4v) is 3.82. The molecule has 0 aromatic carbocycles. The van der Waals surface area contributed by atoms with Crippen molar-refractivity contribution in [2.45, 2.75) is 66.7 Å². The van der Waals surface area contributed by atoms with Crippen LogP contribution in [-0.4, -0.2) is 38.2 Å². The predicted molar refractivity (Wildman–Crippen MR) is 135 cm³/mol. The molecule has 0 aliphatic carbocycles. The molecule has 0 fully saturated rings. The number of amides is 2.